The lowest BCUT2D eigenvalue weighted by atomic mass is 10.2. The Morgan fingerprint density at radius 3 is 2.06 bits per heavy atom. The standard InChI is InChI=1S/C10H10Br2N2O2/c11-5-9(15)14(10(16)6-12)8-4-2-1-3-7(8)13/h1-4H,5-6,13H2. The monoisotopic (exact) mass is 348 g/mol. The van der Waals surface area contributed by atoms with Crippen LogP contribution < -0.4 is 10.6 Å². The maximum absolute atomic E-state index is 11.6. The highest BCUT2D eigenvalue weighted by Crippen LogP contribution is 2.23. The number of hydrogen-bond acceptors (Lipinski definition) is 3. The summed E-state index contributed by atoms with van der Waals surface area (Å²) in [4.78, 5) is 24.4. The van der Waals surface area contributed by atoms with Gasteiger partial charge in [-0.15, -0.1) is 0 Å². The summed E-state index contributed by atoms with van der Waals surface area (Å²) in [7, 11) is 0. The summed E-state index contributed by atoms with van der Waals surface area (Å²) in [5, 5.41) is 0.139. The minimum absolute atomic E-state index is 0.0695. The van der Waals surface area contributed by atoms with Crippen LogP contribution in [0.2, 0.25) is 0 Å². The maximum atomic E-state index is 11.6. The molecule has 0 aliphatic rings. The van der Waals surface area contributed by atoms with Crippen LogP contribution in [0, 0.1) is 0 Å². The summed E-state index contributed by atoms with van der Waals surface area (Å²) in [5.74, 6) is -0.690. The Labute approximate surface area is 110 Å². The van der Waals surface area contributed by atoms with Crippen molar-refractivity contribution in [3.05, 3.63) is 24.3 Å². The average molecular weight is 350 g/mol. The minimum atomic E-state index is -0.345. The van der Waals surface area contributed by atoms with Crippen molar-refractivity contribution in [1.29, 1.82) is 0 Å². The normalized spacial score (nSPS) is 9.88. The largest absolute Gasteiger partial charge is 0.397 e. The van der Waals surface area contributed by atoms with Gasteiger partial charge < -0.3 is 5.73 Å². The third kappa shape index (κ3) is 2.82. The van der Waals surface area contributed by atoms with Crippen molar-refractivity contribution in [1.82, 2.24) is 0 Å². The van der Waals surface area contributed by atoms with Crippen LogP contribution in [0.4, 0.5) is 11.4 Å². The lowest BCUT2D eigenvalue weighted by molar-refractivity contribution is -0.123. The van der Waals surface area contributed by atoms with Gasteiger partial charge in [-0.25, -0.2) is 4.90 Å². The molecule has 16 heavy (non-hydrogen) atoms. The molecule has 0 atom stereocenters. The van der Waals surface area contributed by atoms with E-state index in [4.69, 9.17) is 5.73 Å². The van der Waals surface area contributed by atoms with E-state index in [-0.39, 0.29) is 22.5 Å². The quantitative estimate of drug-likeness (QED) is 0.669. The van der Waals surface area contributed by atoms with Gasteiger partial charge >= 0.3 is 0 Å². The van der Waals surface area contributed by atoms with Gasteiger partial charge in [0.15, 0.2) is 0 Å². The topological polar surface area (TPSA) is 63.4 Å². The second-order valence-electron chi connectivity index (χ2n) is 2.95. The van der Waals surface area contributed by atoms with Gasteiger partial charge in [0.2, 0.25) is 11.8 Å². The lowest BCUT2D eigenvalue weighted by Crippen LogP contribution is -2.39. The Hall–Kier alpha value is -0.880. The van der Waals surface area contributed by atoms with Gasteiger partial charge in [-0.05, 0) is 12.1 Å². The predicted molar refractivity (Wildman–Crippen MR) is 70.9 cm³/mol. The summed E-state index contributed by atoms with van der Waals surface area (Å²) in [6, 6.07) is 6.75. The SMILES string of the molecule is Nc1ccccc1N(C(=O)CBr)C(=O)CBr. The van der Waals surface area contributed by atoms with E-state index in [0.29, 0.717) is 11.4 Å². The van der Waals surface area contributed by atoms with E-state index >= 15 is 0 Å². The van der Waals surface area contributed by atoms with Gasteiger partial charge in [-0.1, -0.05) is 44.0 Å². The van der Waals surface area contributed by atoms with Crippen LogP contribution in [0.3, 0.4) is 0 Å². The van der Waals surface area contributed by atoms with E-state index in [1.165, 1.54) is 0 Å². The van der Waals surface area contributed by atoms with Crippen LogP contribution in [0.5, 0.6) is 0 Å². The number of nitrogen functional groups attached to an aromatic ring is 1. The van der Waals surface area contributed by atoms with Gasteiger partial charge in [0.05, 0.1) is 22.0 Å². The van der Waals surface area contributed by atoms with Crippen molar-refractivity contribution in [2.75, 3.05) is 21.3 Å². The molecule has 6 heteroatoms. The van der Waals surface area contributed by atoms with Crippen LogP contribution in [-0.4, -0.2) is 22.5 Å². The molecule has 2 amide bonds. The molecule has 0 heterocycles. The van der Waals surface area contributed by atoms with Gasteiger partial charge in [-0.3, -0.25) is 9.59 Å². The van der Waals surface area contributed by atoms with Gasteiger partial charge in [-0.2, -0.15) is 0 Å². The molecule has 0 fully saturated rings. The Morgan fingerprint density at radius 1 is 1.12 bits per heavy atom. The highest BCUT2D eigenvalue weighted by molar-refractivity contribution is 9.09. The van der Waals surface area contributed by atoms with E-state index in [0.717, 1.165) is 4.90 Å². The van der Waals surface area contributed by atoms with Crippen molar-refractivity contribution in [2.24, 2.45) is 0 Å². The molecule has 0 saturated carbocycles. The molecule has 2 N–H and O–H groups in total. The number of para-hydroxylation sites is 2. The van der Waals surface area contributed by atoms with E-state index in [9.17, 15) is 9.59 Å². The van der Waals surface area contributed by atoms with Crippen molar-refractivity contribution < 1.29 is 9.59 Å². The number of anilines is 2. The molecular formula is C10H10Br2N2O2. The third-order valence-corrected chi connectivity index (χ3v) is 2.86. The minimum Gasteiger partial charge on any atom is -0.397 e. The fourth-order valence-electron chi connectivity index (χ4n) is 1.22. The summed E-state index contributed by atoms with van der Waals surface area (Å²) < 4.78 is 0. The Kier molecular flexibility index (Phi) is 4.95. The van der Waals surface area contributed by atoms with Gasteiger partial charge in [0.25, 0.3) is 0 Å². The number of imide groups is 1. The lowest BCUT2D eigenvalue weighted by Gasteiger charge is -2.20. The molecule has 1 aromatic carbocycles. The van der Waals surface area contributed by atoms with Crippen molar-refractivity contribution in [2.45, 2.75) is 0 Å². The van der Waals surface area contributed by atoms with Crippen molar-refractivity contribution >= 4 is 55.0 Å². The number of amides is 2. The number of rotatable bonds is 3. The summed E-state index contributed by atoms with van der Waals surface area (Å²) in [5.41, 5.74) is 6.54. The zero-order chi connectivity index (χ0) is 12.1. The molecule has 0 aliphatic heterocycles. The van der Waals surface area contributed by atoms with Gasteiger partial charge in [0, 0.05) is 0 Å². The predicted octanol–water partition coefficient (Wildman–Crippen LogP) is 1.92. The summed E-state index contributed by atoms with van der Waals surface area (Å²) in [6.45, 7) is 0. The first-order chi connectivity index (χ1) is 7.61. The first-order valence-corrected chi connectivity index (χ1v) is 6.68. The molecule has 0 aliphatic carbocycles. The fraction of sp³-hybridized carbons (Fsp3) is 0.200. The molecule has 0 radical (unpaired) electrons. The van der Waals surface area contributed by atoms with E-state index in [1.54, 1.807) is 24.3 Å². The Balaban J connectivity index is 3.16. The number of carbonyl (C=O) groups is 2. The van der Waals surface area contributed by atoms with E-state index in [2.05, 4.69) is 31.9 Å². The van der Waals surface area contributed by atoms with Crippen LogP contribution in [0.25, 0.3) is 0 Å². The van der Waals surface area contributed by atoms with Crippen LogP contribution in [0.1, 0.15) is 0 Å². The smallest absolute Gasteiger partial charge is 0.244 e. The second-order valence-corrected chi connectivity index (χ2v) is 4.07. The molecular weight excluding hydrogens is 340 g/mol. The molecule has 4 nitrogen and oxygen atoms in total. The fourth-order valence-corrected chi connectivity index (χ4v) is 1.72. The molecule has 0 aromatic heterocycles. The molecule has 86 valence electrons. The zero-order valence-electron chi connectivity index (χ0n) is 8.32. The van der Waals surface area contributed by atoms with Gasteiger partial charge in [0.1, 0.15) is 0 Å². The summed E-state index contributed by atoms with van der Waals surface area (Å²) >= 11 is 6.07. The third-order valence-electron chi connectivity index (χ3n) is 1.91. The maximum Gasteiger partial charge on any atom is 0.244 e. The van der Waals surface area contributed by atoms with Crippen molar-refractivity contribution in [3.8, 4) is 0 Å². The first-order valence-electron chi connectivity index (χ1n) is 4.44. The average Bonchev–Trinajstić information content (AvgIpc) is 2.31. The highest BCUT2D eigenvalue weighted by Gasteiger charge is 2.22. The Bertz CT molecular complexity index is 394. The number of carbonyl (C=O) groups excluding carboxylic acids is 2. The second kappa shape index (κ2) is 6.00. The molecule has 1 rings (SSSR count). The number of nitrogens with two attached hydrogens (primary N) is 1. The molecule has 0 saturated heterocycles. The van der Waals surface area contributed by atoms with E-state index in [1.807, 2.05) is 0 Å². The first kappa shape index (κ1) is 13.2. The van der Waals surface area contributed by atoms with Crippen molar-refractivity contribution in [3.63, 3.8) is 0 Å². The molecule has 0 unspecified atom stereocenters. The highest BCUT2D eigenvalue weighted by atomic mass is 79.9. The molecule has 0 spiro atoms. The van der Waals surface area contributed by atoms with Crippen LogP contribution in [-0.2, 0) is 9.59 Å². The number of halogens is 2. The molecule has 1 aromatic rings. The van der Waals surface area contributed by atoms with Crippen LogP contribution >= 0.6 is 31.9 Å². The van der Waals surface area contributed by atoms with E-state index < -0.39 is 0 Å². The number of hydrogen-bond donors (Lipinski definition) is 1. The number of alkyl halides is 2. The summed E-state index contributed by atoms with van der Waals surface area (Å²) in [6.07, 6.45) is 0. The molecule has 0 bridgehead atoms. The number of nitrogens with zero attached hydrogens (tertiary/aromatic N) is 1. The van der Waals surface area contributed by atoms with Crippen LogP contribution in [0.15, 0.2) is 24.3 Å². The number of benzene rings is 1. The Morgan fingerprint density at radius 2 is 1.62 bits per heavy atom. The zero-order valence-corrected chi connectivity index (χ0v) is 11.5.